The minimum atomic E-state index is -0.0669. The lowest BCUT2D eigenvalue weighted by Crippen LogP contribution is -2.18. The van der Waals surface area contributed by atoms with Crippen molar-refractivity contribution in [2.24, 2.45) is 0 Å². The van der Waals surface area contributed by atoms with Crippen LogP contribution in [0.15, 0.2) is 18.2 Å². The highest BCUT2D eigenvalue weighted by Crippen LogP contribution is 2.20. The predicted molar refractivity (Wildman–Crippen MR) is 79.2 cm³/mol. The first-order valence-electron chi connectivity index (χ1n) is 6.90. The van der Waals surface area contributed by atoms with Gasteiger partial charge in [-0.15, -0.1) is 0 Å². The quantitative estimate of drug-likeness (QED) is 0.821. The summed E-state index contributed by atoms with van der Waals surface area (Å²) in [5.41, 5.74) is 1.74. The van der Waals surface area contributed by atoms with Crippen LogP contribution in [-0.4, -0.2) is 31.8 Å². The number of halogens is 1. The molecule has 1 saturated heterocycles. The molecule has 0 unspecified atom stereocenters. The number of amides is 1. The molecule has 1 atom stereocenters. The van der Waals surface area contributed by atoms with Gasteiger partial charge < -0.3 is 14.8 Å². The summed E-state index contributed by atoms with van der Waals surface area (Å²) in [6, 6.07) is 5.44. The van der Waals surface area contributed by atoms with Gasteiger partial charge in [0.1, 0.15) is 0 Å². The predicted octanol–water partition coefficient (Wildman–Crippen LogP) is 3.17. The van der Waals surface area contributed by atoms with Crippen LogP contribution in [0.25, 0.3) is 0 Å². The van der Waals surface area contributed by atoms with Crippen molar-refractivity contribution < 1.29 is 14.3 Å². The second kappa shape index (κ2) is 7.62. The van der Waals surface area contributed by atoms with Crippen LogP contribution in [0.1, 0.15) is 24.8 Å². The number of ether oxygens (including phenoxy) is 2. The van der Waals surface area contributed by atoms with Crippen molar-refractivity contribution in [1.82, 2.24) is 0 Å². The van der Waals surface area contributed by atoms with Gasteiger partial charge in [0, 0.05) is 17.3 Å². The van der Waals surface area contributed by atoms with Gasteiger partial charge in [-0.1, -0.05) is 17.7 Å². The van der Waals surface area contributed by atoms with Crippen LogP contribution >= 0.6 is 11.6 Å². The van der Waals surface area contributed by atoms with E-state index in [2.05, 4.69) is 5.32 Å². The SMILES string of the molecule is Cc1ccc(Cl)cc1NC(=O)CCOC[C@@H]1CCCO1. The Hall–Kier alpha value is -1.10. The van der Waals surface area contributed by atoms with E-state index in [-0.39, 0.29) is 12.0 Å². The summed E-state index contributed by atoms with van der Waals surface area (Å²) in [5.74, 6) is -0.0669. The Morgan fingerprint density at radius 3 is 3.15 bits per heavy atom. The molecule has 1 aromatic rings. The molecule has 5 heteroatoms. The number of aryl methyl sites for hydroxylation is 1. The highest BCUT2D eigenvalue weighted by Gasteiger charge is 2.15. The number of hydrogen-bond acceptors (Lipinski definition) is 3. The smallest absolute Gasteiger partial charge is 0.226 e. The van der Waals surface area contributed by atoms with Crippen molar-refractivity contribution in [3.05, 3.63) is 28.8 Å². The van der Waals surface area contributed by atoms with Crippen LogP contribution in [0.3, 0.4) is 0 Å². The van der Waals surface area contributed by atoms with Crippen molar-refractivity contribution >= 4 is 23.2 Å². The van der Waals surface area contributed by atoms with E-state index < -0.39 is 0 Å². The molecule has 1 amide bonds. The van der Waals surface area contributed by atoms with E-state index in [0.29, 0.717) is 24.7 Å². The Morgan fingerprint density at radius 1 is 1.55 bits per heavy atom. The fraction of sp³-hybridized carbons (Fsp3) is 0.533. The van der Waals surface area contributed by atoms with Crippen LogP contribution in [0.2, 0.25) is 5.02 Å². The van der Waals surface area contributed by atoms with Crippen molar-refractivity contribution in [2.75, 3.05) is 25.1 Å². The molecule has 1 fully saturated rings. The fourth-order valence-electron chi connectivity index (χ4n) is 2.10. The molecule has 1 heterocycles. The van der Waals surface area contributed by atoms with Crippen molar-refractivity contribution in [1.29, 1.82) is 0 Å². The summed E-state index contributed by atoms with van der Waals surface area (Å²) in [5, 5.41) is 3.46. The highest BCUT2D eigenvalue weighted by molar-refractivity contribution is 6.31. The number of benzene rings is 1. The minimum Gasteiger partial charge on any atom is -0.378 e. The lowest BCUT2D eigenvalue weighted by atomic mass is 10.2. The molecule has 0 aromatic heterocycles. The molecule has 1 aromatic carbocycles. The van der Waals surface area contributed by atoms with E-state index in [1.165, 1.54) is 0 Å². The van der Waals surface area contributed by atoms with Crippen LogP contribution < -0.4 is 5.32 Å². The molecule has 2 rings (SSSR count). The average molecular weight is 298 g/mol. The van der Waals surface area contributed by atoms with Gasteiger partial charge in [-0.2, -0.15) is 0 Å². The largest absolute Gasteiger partial charge is 0.378 e. The molecule has 0 saturated carbocycles. The number of hydrogen-bond donors (Lipinski definition) is 1. The third-order valence-corrected chi connectivity index (χ3v) is 3.51. The molecule has 1 N–H and O–H groups in total. The monoisotopic (exact) mass is 297 g/mol. The Balaban J connectivity index is 1.68. The Bertz CT molecular complexity index is 458. The zero-order chi connectivity index (χ0) is 14.4. The van der Waals surface area contributed by atoms with Gasteiger partial charge in [-0.3, -0.25) is 4.79 Å². The Kier molecular flexibility index (Phi) is 5.83. The molecule has 0 aliphatic carbocycles. The maximum Gasteiger partial charge on any atom is 0.226 e. The van der Waals surface area contributed by atoms with E-state index >= 15 is 0 Å². The van der Waals surface area contributed by atoms with Crippen LogP contribution in [0, 0.1) is 6.92 Å². The summed E-state index contributed by atoms with van der Waals surface area (Å²) in [6.45, 7) is 3.73. The average Bonchev–Trinajstić information content (AvgIpc) is 2.92. The molecule has 1 aliphatic heterocycles. The Morgan fingerprint density at radius 2 is 2.40 bits per heavy atom. The Labute approximate surface area is 124 Å². The van der Waals surface area contributed by atoms with E-state index in [4.69, 9.17) is 21.1 Å². The van der Waals surface area contributed by atoms with Crippen molar-refractivity contribution in [2.45, 2.75) is 32.3 Å². The van der Waals surface area contributed by atoms with E-state index in [1.807, 2.05) is 13.0 Å². The fourth-order valence-corrected chi connectivity index (χ4v) is 2.27. The lowest BCUT2D eigenvalue weighted by molar-refractivity contribution is -0.117. The first-order valence-corrected chi connectivity index (χ1v) is 7.28. The molecule has 0 spiro atoms. The minimum absolute atomic E-state index is 0.0669. The maximum absolute atomic E-state index is 11.8. The lowest BCUT2D eigenvalue weighted by Gasteiger charge is -2.11. The van der Waals surface area contributed by atoms with Crippen LogP contribution in [0.4, 0.5) is 5.69 Å². The molecule has 0 radical (unpaired) electrons. The number of rotatable bonds is 6. The summed E-state index contributed by atoms with van der Waals surface area (Å²) in [7, 11) is 0. The summed E-state index contributed by atoms with van der Waals surface area (Å²) < 4.78 is 10.9. The van der Waals surface area contributed by atoms with Gasteiger partial charge >= 0.3 is 0 Å². The molecular weight excluding hydrogens is 278 g/mol. The number of anilines is 1. The molecule has 110 valence electrons. The first kappa shape index (κ1) is 15.3. The van der Waals surface area contributed by atoms with Gasteiger partial charge in [0.15, 0.2) is 0 Å². The second-order valence-electron chi connectivity index (χ2n) is 4.97. The van der Waals surface area contributed by atoms with Crippen LogP contribution in [-0.2, 0) is 14.3 Å². The zero-order valence-corrected chi connectivity index (χ0v) is 12.4. The van der Waals surface area contributed by atoms with Crippen LogP contribution in [0.5, 0.6) is 0 Å². The highest BCUT2D eigenvalue weighted by atomic mass is 35.5. The van der Waals surface area contributed by atoms with E-state index in [1.54, 1.807) is 12.1 Å². The second-order valence-corrected chi connectivity index (χ2v) is 5.40. The third-order valence-electron chi connectivity index (χ3n) is 3.27. The normalized spacial score (nSPS) is 18.2. The van der Waals surface area contributed by atoms with E-state index in [9.17, 15) is 4.79 Å². The third kappa shape index (κ3) is 4.78. The van der Waals surface area contributed by atoms with Gasteiger partial charge in [0.25, 0.3) is 0 Å². The van der Waals surface area contributed by atoms with Gasteiger partial charge in [0.2, 0.25) is 5.91 Å². The van der Waals surface area contributed by atoms with Gasteiger partial charge in [0.05, 0.1) is 25.7 Å². The summed E-state index contributed by atoms with van der Waals surface area (Å²) in [4.78, 5) is 11.8. The molecule has 0 bridgehead atoms. The molecule has 1 aliphatic rings. The zero-order valence-electron chi connectivity index (χ0n) is 11.7. The summed E-state index contributed by atoms with van der Waals surface area (Å²) >= 11 is 5.91. The maximum atomic E-state index is 11.8. The number of carbonyl (C=O) groups excluding carboxylic acids is 1. The standard InChI is InChI=1S/C15H20ClNO3/c1-11-4-5-12(16)9-14(11)17-15(18)6-8-19-10-13-3-2-7-20-13/h4-5,9,13H,2-3,6-8,10H2,1H3,(H,17,18)/t13-/m0/s1. The number of nitrogens with one attached hydrogen (secondary N) is 1. The topological polar surface area (TPSA) is 47.6 Å². The van der Waals surface area contributed by atoms with Crippen molar-refractivity contribution in [3.63, 3.8) is 0 Å². The number of carbonyl (C=O) groups is 1. The summed E-state index contributed by atoms with van der Waals surface area (Å²) in [6.07, 6.45) is 2.68. The molecule has 20 heavy (non-hydrogen) atoms. The molecular formula is C15H20ClNO3. The van der Waals surface area contributed by atoms with Gasteiger partial charge in [-0.05, 0) is 37.5 Å². The van der Waals surface area contributed by atoms with E-state index in [0.717, 1.165) is 30.7 Å². The first-order chi connectivity index (χ1) is 9.65. The van der Waals surface area contributed by atoms with Gasteiger partial charge in [-0.25, -0.2) is 0 Å². The van der Waals surface area contributed by atoms with Crippen molar-refractivity contribution in [3.8, 4) is 0 Å². The molecule has 4 nitrogen and oxygen atoms in total.